The van der Waals surface area contributed by atoms with Crippen LogP contribution < -0.4 is 30.2 Å². The Bertz CT molecular complexity index is 1760. The molecule has 0 aliphatic heterocycles. The summed E-state index contributed by atoms with van der Waals surface area (Å²) >= 11 is 7.53. The van der Waals surface area contributed by atoms with Crippen LogP contribution in [0.25, 0.3) is 6.08 Å². The van der Waals surface area contributed by atoms with Crippen LogP contribution in [0.15, 0.2) is 95.5 Å². The van der Waals surface area contributed by atoms with E-state index in [9.17, 15) is 14.4 Å². The van der Waals surface area contributed by atoms with E-state index in [0.29, 0.717) is 44.8 Å². The first-order chi connectivity index (χ1) is 22.1. The Labute approximate surface area is 277 Å². The molecule has 0 heterocycles. The number of methoxy groups -OCH3 is 3. The van der Waals surface area contributed by atoms with Crippen LogP contribution in [-0.4, -0.2) is 44.3 Å². The highest BCUT2D eigenvalue weighted by Gasteiger charge is 2.20. The SMILES string of the molecule is COc1cc(OC)c(OC)cc1/C=C(/NC(=O)c1ccccc1)C(=O)Nc1cccc(SC(C)C(=O)Nc2cccc(Cl)c2C)c1. The number of thioether (sulfide) groups is 1. The zero-order valence-corrected chi connectivity index (χ0v) is 27.5. The molecule has 0 saturated carbocycles. The first-order valence-electron chi connectivity index (χ1n) is 14.2. The lowest BCUT2D eigenvalue weighted by atomic mass is 10.1. The molecule has 9 nitrogen and oxygen atoms in total. The van der Waals surface area contributed by atoms with Gasteiger partial charge in [-0.2, -0.15) is 0 Å². The second-order valence-electron chi connectivity index (χ2n) is 9.97. The van der Waals surface area contributed by atoms with Crippen molar-refractivity contribution in [1.82, 2.24) is 5.32 Å². The molecular weight excluding hydrogens is 626 g/mol. The minimum absolute atomic E-state index is 0.0398. The number of amides is 3. The number of hydrogen-bond donors (Lipinski definition) is 3. The third-order valence-corrected chi connectivity index (χ3v) is 8.37. The number of carbonyl (C=O) groups excluding carboxylic acids is 3. The van der Waals surface area contributed by atoms with E-state index in [1.807, 2.05) is 13.0 Å². The van der Waals surface area contributed by atoms with Crippen molar-refractivity contribution in [1.29, 1.82) is 0 Å². The number of hydrogen-bond acceptors (Lipinski definition) is 7. The smallest absolute Gasteiger partial charge is 0.272 e. The Hall–Kier alpha value is -4.93. The summed E-state index contributed by atoms with van der Waals surface area (Å²) in [5.41, 5.74) is 2.70. The molecule has 0 aliphatic carbocycles. The standard InChI is InChI=1S/C35H34ClN3O6S/c1-21-27(36)15-10-16-28(21)38-33(40)22(2)46-26-14-9-13-25(19-26)37-35(42)29(39-34(41)23-11-7-6-8-12-23)17-24-18-31(44-4)32(45-5)20-30(24)43-3/h6-20,22H,1-5H3,(H,37,42)(H,38,40)(H,39,41)/b29-17+. The number of carbonyl (C=O) groups is 3. The number of benzene rings is 4. The predicted octanol–water partition coefficient (Wildman–Crippen LogP) is 7.20. The van der Waals surface area contributed by atoms with Crippen LogP contribution in [-0.2, 0) is 9.59 Å². The Kier molecular flexibility index (Phi) is 11.7. The second-order valence-corrected chi connectivity index (χ2v) is 11.8. The van der Waals surface area contributed by atoms with Gasteiger partial charge in [-0.1, -0.05) is 41.9 Å². The van der Waals surface area contributed by atoms with Gasteiger partial charge in [-0.05, 0) is 74.0 Å². The first kappa shape index (κ1) is 34.0. The highest BCUT2D eigenvalue weighted by Crippen LogP contribution is 2.36. The Morgan fingerprint density at radius 2 is 1.48 bits per heavy atom. The van der Waals surface area contributed by atoms with Gasteiger partial charge in [0.1, 0.15) is 11.4 Å². The van der Waals surface area contributed by atoms with E-state index in [-0.39, 0.29) is 11.6 Å². The van der Waals surface area contributed by atoms with Crippen molar-refractivity contribution >= 4 is 58.5 Å². The molecular formula is C35H34ClN3O6S. The van der Waals surface area contributed by atoms with Gasteiger partial charge in [0, 0.05) is 38.5 Å². The number of halogens is 1. The quantitative estimate of drug-likeness (QED) is 0.109. The molecule has 1 unspecified atom stereocenters. The molecule has 0 bridgehead atoms. The normalized spacial score (nSPS) is 11.7. The highest BCUT2D eigenvalue weighted by molar-refractivity contribution is 8.00. The molecule has 4 aromatic rings. The fourth-order valence-corrected chi connectivity index (χ4v) is 5.44. The number of anilines is 2. The zero-order chi connectivity index (χ0) is 33.2. The van der Waals surface area contributed by atoms with E-state index in [0.717, 1.165) is 10.5 Å². The molecule has 11 heteroatoms. The summed E-state index contributed by atoms with van der Waals surface area (Å²) in [5.74, 6) is 0.0110. The molecule has 1 atom stereocenters. The summed E-state index contributed by atoms with van der Waals surface area (Å²) in [6.45, 7) is 3.63. The van der Waals surface area contributed by atoms with E-state index in [2.05, 4.69) is 16.0 Å². The monoisotopic (exact) mass is 659 g/mol. The molecule has 0 fully saturated rings. The van der Waals surface area contributed by atoms with Gasteiger partial charge < -0.3 is 30.2 Å². The van der Waals surface area contributed by atoms with Crippen LogP contribution in [0.2, 0.25) is 5.02 Å². The molecule has 0 aliphatic rings. The zero-order valence-electron chi connectivity index (χ0n) is 26.0. The molecule has 3 amide bonds. The third-order valence-electron chi connectivity index (χ3n) is 6.86. The summed E-state index contributed by atoms with van der Waals surface area (Å²) < 4.78 is 16.3. The molecule has 0 radical (unpaired) electrons. The minimum atomic E-state index is -0.578. The van der Waals surface area contributed by atoms with E-state index < -0.39 is 17.1 Å². The van der Waals surface area contributed by atoms with Crippen LogP contribution in [0.5, 0.6) is 17.2 Å². The lowest BCUT2D eigenvalue weighted by Crippen LogP contribution is -2.30. The summed E-state index contributed by atoms with van der Waals surface area (Å²) in [4.78, 5) is 40.5. The summed E-state index contributed by atoms with van der Waals surface area (Å²) in [7, 11) is 4.49. The van der Waals surface area contributed by atoms with Gasteiger partial charge in [0.2, 0.25) is 5.91 Å². The van der Waals surface area contributed by atoms with Crippen LogP contribution in [0.1, 0.15) is 28.4 Å². The van der Waals surface area contributed by atoms with Gasteiger partial charge in [0.05, 0.1) is 26.6 Å². The maximum absolute atomic E-state index is 13.7. The van der Waals surface area contributed by atoms with E-state index in [1.165, 1.54) is 39.2 Å². The fraction of sp³-hybridized carbons (Fsp3) is 0.171. The van der Waals surface area contributed by atoms with Gasteiger partial charge in [0.25, 0.3) is 11.8 Å². The van der Waals surface area contributed by atoms with Crippen molar-refractivity contribution < 1.29 is 28.6 Å². The van der Waals surface area contributed by atoms with Gasteiger partial charge in [0.15, 0.2) is 11.5 Å². The Morgan fingerprint density at radius 1 is 0.804 bits per heavy atom. The average Bonchev–Trinajstić information content (AvgIpc) is 3.06. The van der Waals surface area contributed by atoms with E-state index in [1.54, 1.807) is 85.8 Å². The highest BCUT2D eigenvalue weighted by atomic mass is 35.5. The largest absolute Gasteiger partial charge is 0.496 e. The van der Waals surface area contributed by atoms with Gasteiger partial charge in [-0.25, -0.2) is 0 Å². The fourth-order valence-electron chi connectivity index (χ4n) is 4.34. The summed E-state index contributed by atoms with van der Waals surface area (Å²) in [6.07, 6.45) is 1.50. The van der Waals surface area contributed by atoms with Crippen molar-refractivity contribution in [3.63, 3.8) is 0 Å². The van der Waals surface area contributed by atoms with Crippen LogP contribution in [0, 0.1) is 6.92 Å². The van der Waals surface area contributed by atoms with Crippen molar-refractivity contribution in [3.8, 4) is 17.2 Å². The van der Waals surface area contributed by atoms with E-state index >= 15 is 0 Å². The maximum Gasteiger partial charge on any atom is 0.272 e. The van der Waals surface area contributed by atoms with Gasteiger partial charge >= 0.3 is 0 Å². The third kappa shape index (κ3) is 8.62. The molecule has 238 valence electrons. The second kappa shape index (κ2) is 15.9. The van der Waals surface area contributed by atoms with Crippen LogP contribution in [0.3, 0.4) is 0 Å². The Balaban J connectivity index is 1.58. The van der Waals surface area contributed by atoms with Crippen LogP contribution >= 0.6 is 23.4 Å². The van der Waals surface area contributed by atoms with Crippen molar-refractivity contribution in [2.75, 3.05) is 32.0 Å². The maximum atomic E-state index is 13.7. The molecule has 4 aromatic carbocycles. The lowest BCUT2D eigenvalue weighted by molar-refractivity contribution is -0.115. The molecule has 0 aromatic heterocycles. The molecule has 46 heavy (non-hydrogen) atoms. The molecule has 3 N–H and O–H groups in total. The number of rotatable bonds is 12. The predicted molar refractivity (Wildman–Crippen MR) is 183 cm³/mol. The summed E-state index contributed by atoms with van der Waals surface area (Å²) in [6, 6.07) is 24.3. The minimum Gasteiger partial charge on any atom is -0.496 e. The molecule has 0 spiro atoms. The van der Waals surface area contributed by atoms with Gasteiger partial charge in [-0.15, -0.1) is 11.8 Å². The first-order valence-corrected chi connectivity index (χ1v) is 15.4. The molecule has 4 rings (SSSR count). The average molecular weight is 660 g/mol. The molecule has 0 saturated heterocycles. The lowest BCUT2D eigenvalue weighted by Gasteiger charge is -2.16. The number of ether oxygens (including phenoxy) is 3. The topological polar surface area (TPSA) is 115 Å². The Morgan fingerprint density at radius 3 is 2.17 bits per heavy atom. The number of nitrogens with one attached hydrogen (secondary N) is 3. The van der Waals surface area contributed by atoms with Crippen molar-refractivity contribution in [2.24, 2.45) is 0 Å². The van der Waals surface area contributed by atoms with Crippen molar-refractivity contribution in [2.45, 2.75) is 24.0 Å². The van der Waals surface area contributed by atoms with Crippen LogP contribution in [0.4, 0.5) is 11.4 Å². The summed E-state index contributed by atoms with van der Waals surface area (Å²) in [5, 5.41) is 8.62. The van der Waals surface area contributed by atoms with Crippen molar-refractivity contribution in [3.05, 3.63) is 112 Å². The van der Waals surface area contributed by atoms with Gasteiger partial charge in [-0.3, -0.25) is 14.4 Å². The van der Waals surface area contributed by atoms with E-state index in [4.69, 9.17) is 25.8 Å².